The SMILES string of the molecule is Cc1ccc(OCC2CCCN(C(=O)CN3CCCC3)C2)cc1. The number of rotatable bonds is 5. The molecule has 126 valence electrons. The van der Waals surface area contributed by atoms with Crippen molar-refractivity contribution in [3.05, 3.63) is 29.8 Å². The number of aryl methyl sites for hydroxylation is 1. The van der Waals surface area contributed by atoms with E-state index in [-0.39, 0.29) is 0 Å². The van der Waals surface area contributed by atoms with Crippen molar-refractivity contribution >= 4 is 5.91 Å². The monoisotopic (exact) mass is 316 g/mol. The van der Waals surface area contributed by atoms with E-state index in [9.17, 15) is 4.79 Å². The van der Waals surface area contributed by atoms with Gasteiger partial charge in [-0.25, -0.2) is 0 Å². The van der Waals surface area contributed by atoms with Crippen molar-refractivity contribution in [2.24, 2.45) is 5.92 Å². The van der Waals surface area contributed by atoms with Gasteiger partial charge in [0.25, 0.3) is 0 Å². The fraction of sp³-hybridized carbons (Fsp3) is 0.632. The Morgan fingerprint density at radius 2 is 1.87 bits per heavy atom. The molecule has 1 atom stereocenters. The number of amides is 1. The predicted molar refractivity (Wildman–Crippen MR) is 91.7 cm³/mol. The highest BCUT2D eigenvalue weighted by molar-refractivity contribution is 5.78. The molecule has 0 N–H and O–H groups in total. The predicted octanol–water partition coefficient (Wildman–Crippen LogP) is 2.71. The van der Waals surface area contributed by atoms with Gasteiger partial charge in [-0.2, -0.15) is 0 Å². The van der Waals surface area contributed by atoms with Crippen LogP contribution in [0.1, 0.15) is 31.2 Å². The summed E-state index contributed by atoms with van der Waals surface area (Å²) < 4.78 is 5.91. The summed E-state index contributed by atoms with van der Waals surface area (Å²) in [7, 11) is 0. The minimum Gasteiger partial charge on any atom is -0.493 e. The summed E-state index contributed by atoms with van der Waals surface area (Å²) in [5, 5.41) is 0. The largest absolute Gasteiger partial charge is 0.493 e. The zero-order valence-corrected chi connectivity index (χ0v) is 14.2. The minimum atomic E-state index is 0.298. The third kappa shape index (κ3) is 4.71. The summed E-state index contributed by atoms with van der Waals surface area (Å²) >= 11 is 0. The Hall–Kier alpha value is -1.55. The van der Waals surface area contributed by atoms with Gasteiger partial charge in [0.15, 0.2) is 0 Å². The van der Waals surface area contributed by atoms with Crippen LogP contribution in [0.25, 0.3) is 0 Å². The van der Waals surface area contributed by atoms with Gasteiger partial charge < -0.3 is 9.64 Å². The average molecular weight is 316 g/mol. The number of hydrogen-bond donors (Lipinski definition) is 0. The highest BCUT2D eigenvalue weighted by Gasteiger charge is 2.26. The Kier molecular flexibility index (Phi) is 5.55. The molecule has 1 aromatic carbocycles. The van der Waals surface area contributed by atoms with Gasteiger partial charge in [0.2, 0.25) is 5.91 Å². The molecule has 0 aliphatic carbocycles. The Labute approximate surface area is 139 Å². The third-order valence-corrected chi connectivity index (χ3v) is 4.94. The summed E-state index contributed by atoms with van der Waals surface area (Å²) in [6.07, 6.45) is 4.72. The lowest BCUT2D eigenvalue weighted by Crippen LogP contribution is -2.45. The molecule has 2 saturated heterocycles. The minimum absolute atomic E-state index is 0.298. The van der Waals surface area contributed by atoms with Crippen LogP contribution in [0.3, 0.4) is 0 Å². The first-order valence-electron chi connectivity index (χ1n) is 8.90. The van der Waals surface area contributed by atoms with E-state index in [1.54, 1.807) is 0 Å². The molecule has 1 amide bonds. The van der Waals surface area contributed by atoms with Crippen LogP contribution < -0.4 is 4.74 Å². The molecule has 1 unspecified atom stereocenters. The van der Waals surface area contributed by atoms with E-state index in [0.29, 0.717) is 25.0 Å². The Morgan fingerprint density at radius 1 is 1.13 bits per heavy atom. The molecule has 0 aromatic heterocycles. The molecule has 0 bridgehead atoms. The molecule has 0 saturated carbocycles. The van der Waals surface area contributed by atoms with Crippen LogP contribution in [0.15, 0.2) is 24.3 Å². The van der Waals surface area contributed by atoms with E-state index in [1.165, 1.54) is 18.4 Å². The summed E-state index contributed by atoms with van der Waals surface area (Å²) in [6, 6.07) is 8.19. The van der Waals surface area contributed by atoms with Gasteiger partial charge in [0.1, 0.15) is 5.75 Å². The van der Waals surface area contributed by atoms with Crippen LogP contribution in [0.4, 0.5) is 0 Å². The number of carbonyl (C=O) groups excluding carboxylic acids is 1. The maximum atomic E-state index is 12.5. The van der Waals surface area contributed by atoms with Crippen LogP contribution >= 0.6 is 0 Å². The second kappa shape index (κ2) is 7.82. The van der Waals surface area contributed by atoms with Gasteiger partial charge in [-0.1, -0.05) is 17.7 Å². The van der Waals surface area contributed by atoms with E-state index >= 15 is 0 Å². The molecule has 2 fully saturated rings. The Morgan fingerprint density at radius 3 is 2.61 bits per heavy atom. The number of hydrogen-bond acceptors (Lipinski definition) is 3. The molecular formula is C19H28N2O2. The second-order valence-corrected chi connectivity index (χ2v) is 6.96. The molecule has 0 spiro atoms. The van der Waals surface area contributed by atoms with Crippen molar-refractivity contribution < 1.29 is 9.53 Å². The van der Waals surface area contributed by atoms with Crippen LogP contribution in [0.5, 0.6) is 5.75 Å². The van der Waals surface area contributed by atoms with Crippen molar-refractivity contribution in [1.82, 2.24) is 9.80 Å². The van der Waals surface area contributed by atoms with Gasteiger partial charge >= 0.3 is 0 Å². The lowest BCUT2D eigenvalue weighted by molar-refractivity contribution is -0.134. The maximum absolute atomic E-state index is 12.5. The van der Waals surface area contributed by atoms with Crippen LogP contribution in [0.2, 0.25) is 0 Å². The van der Waals surface area contributed by atoms with Crippen molar-refractivity contribution in [3.8, 4) is 5.75 Å². The lowest BCUT2D eigenvalue weighted by Gasteiger charge is -2.33. The van der Waals surface area contributed by atoms with Crippen molar-refractivity contribution in [1.29, 1.82) is 0 Å². The standard InChI is InChI=1S/C19H28N2O2/c1-16-6-8-18(9-7-16)23-15-17-5-4-12-21(13-17)19(22)14-20-10-2-3-11-20/h6-9,17H,2-5,10-15H2,1H3. The van der Waals surface area contributed by atoms with Crippen LogP contribution in [0, 0.1) is 12.8 Å². The number of nitrogens with zero attached hydrogens (tertiary/aromatic N) is 2. The first-order valence-corrected chi connectivity index (χ1v) is 8.90. The zero-order chi connectivity index (χ0) is 16.1. The van der Waals surface area contributed by atoms with E-state index in [0.717, 1.165) is 44.8 Å². The molecule has 3 rings (SSSR count). The number of benzene rings is 1. The van der Waals surface area contributed by atoms with Crippen molar-refractivity contribution in [2.45, 2.75) is 32.6 Å². The first-order chi connectivity index (χ1) is 11.2. The molecule has 2 aliphatic heterocycles. The van der Waals surface area contributed by atoms with E-state index in [1.807, 2.05) is 17.0 Å². The highest BCUT2D eigenvalue weighted by Crippen LogP contribution is 2.20. The zero-order valence-electron chi connectivity index (χ0n) is 14.2. The molecular weight excluding hydrogens is 288 g/mol. The quantitative estimate of drug-likeness (QED) is 0.837. The topological polar surface area (TPSA) is 32.8 Å². The Bertz CT molecular complexity index is 509. The van der Waals surface area contributed by atoms with Gasteiger partial charge in [0.05, 0.1) is 13.2 Å². The molecule has 0 radical (unpaired) electrons. The fourth-order valence-corrected chi connectivity index (χ4v) is 3.51. The molecule has 2 aliphatic rings. The maximum Gasteiger partial charge on any atom is 0.236 e. The summed E-state index contributed by atoms with van der Waals surface area (Å²) in [6.45, 7) is 7.31. The lowest BCUT2D eigenvalue weighted by atomic mass is 9.99. The highest BCUT2D eigenvalue weighted by atomic mass is 16.5. The van der Waals surface area contributed by atoms with Gasteiger partial charge in [-0.15, -0.1) is 0 Å². The molecule has 2 heterocycles. The van der Waals surface area contributed by atoms with E-state index < -0.39 is 0 Å². The Balaban J connectivity index is 1.45. The smallest absolute Gasteiger partial charge is 0.236 e. The molecule has 4 nitrogen and oxygen atoms in total. The number of ether oxygens (including phenoxy) is 1. The summed E-state index contributed by atoms with van der Waals surface area (Å²) in [4.78, 5) is 16.8. The van der Waals surface area contributed by atoms with Gasteiger partial charge in [-0.05, 0) is 57.8 Å². The molecule has 1 aromatic rings. The second-order valence-electron chi connectivity index (χ2n) is 6.96. The van der Waals surface area contributed by atoms with Crippen molar-refractivity contribution in [2.75, 3.05) is 39.3 Å². The van der Waals surface area contributed by atoms with Crippen LogP contribution in [-0.4, -0.2) is 55.0 Å². The third-order valence-electron chi connectivity index (χ3n) is 4.94. The number of piperidine rings is 1. The van der Waals surface area contributed by atoms with E-state index in [2.05, 4.69) is 24.0 Å². The fourth-order valence-electron chi connectivity index (χ4n) is 3.51. The number of likely N-dealkylation sites (tertiary alicyclic amines) is 2. The average Bonchev–Trinajstić information content (AvgIpc) is 3.07. The van der Waals surface area contributed by atoms with Gasteiger partial charge in [-0.3, -0.25) is 9.69 Å². The summed E-state index contributed by atoms with van der Waals surface area (Å²) in [5.74, 6) is 1.68. The first kappa shape index (κ1) is 16.3. The molecule has 23 heavy (non-hydrogen) atoms. The number of carbonyl (C=O) groups is 1. The molecule has 4 heteroatoms. The van der Waals surface area contributed by atoms with Crippen LogP contribution in [-0.2, 0) is 4.79 Å². The van der Waals surface area contributed by atoms with E-state index in [4.69, 9.17) is 4.74 Å². The van der Waals surface area contributed by atoms with Crippen molar-refractivity contribution in [3.63, 3.8) is 0 Å². The normalized spacial score (nSPS) is 22.3. The van der Waals surface area contributed by atoms with Gasteiger partial charge in [0, 0.05) is 19.0 Å². The summed E-state index contributed by atoms with van der Waals surface area (Å²) in [5.41, 5.74) is 1.24.